The zero-order valence-corrected chi connectivity index (χ0v) is 21.3. The minimum Gasteiger partial charge on any atom is -0.431 e. The summed E-state index contributed by atoms with van der Waals surface area (Å²) in [4.78, 5) is 40.1. The Balaban J connectivity index is 1.31. The molecule has 1 aliphatic carbocycles. The number of amides is 3. The molecule has 4 N–H and O–H groups in total. The Bertz CT molecular complexity index is 1330. The molecule has 0 saturated heterocycles. The summed E-state index contributed by atoms with van der Waals surface area (Å²) in [6, 6.07) is 15.3. The van der Waals surface area contributed by atoms with Crippen molar-refractivity contribution in [2.45, 2.75) is 50.6 Å². The van der Waals surface area contributed by atoms with E-state index < -0.39 is 29.4 Å². The van der Waals surface area contributed by atoms with E-state index in [0.717, 1.165) is 31.2 Å². The fourth-order valence-electron chi connectivity index (χ4n) is 4.75. The molecule has 11 heteroatoms. The Labute approximate surface area is 223 Å². The Morgan fingerprint density at radius 3 is 2.28 bits per heavy atom. The molecule has 0 atom stereocenters. The van der Waals surface area contributed by atoms with E-state index in [2.05, 4.69) is 22.5 Å². The molecule has 1 aromatic heterocycles. The van der Waals surface area contributed by atoms with Gasteiger partial charge in [0.25, 0.3) is 5.91 Å². The van der Waals surface area contributed by atoms with Gasteiger partial charge in [0.05, 0.1) is 0 Å². The molecule has 0 unspecified atom stereocenters. The van der Waals surface area contributed by atoms with E-state index in [-0.39, 0.29) is 36.1 Å². The summed E-state index contributed by atoms with van der Waals surface area (Å²) < 4.78 is 45.2. The number of anilines is 1. The first-order chi connectivity index (χ1) is 18.5. The summed E-state index contributed by atoms with van der Waals surface area (Å²) in [6.45, 7) is 1.94. The number of nitrogens with two attached hydrogens (primary N) is 1. The predicted octanol–water partition coefficient (Wildman–Crippen LogP) is 5.05. The lowest BCUT2D eigenvalue weighted by atomic mass is 9.68. The third-order valence-electron chi connectivity index (χ3n) is 7.12. The number of nitrogens with one attached hydrogen (secondary N) is 2. The van der Waals surface area contributed by atoms with Crippen LogP contribution in [0.15, 0.2) is 59.0 Å². The molecule has 0 bridgehead atoms. The van der Waals surface area contributed by atoms with Crippen LogP contribution in [0.2, 0.25) is 0 Å². The molecule has 4 rings (SSSR count). The summed E-state index contributed by atoms with van der Waals surface area (Å²) in [5.41, 5.74) is 6.39. The van der Waals surface area contributed by atoms with Crippen molar-refractivity contribution in [3.8, 4) is 11.5 Å². The molecule has 0 spiro atoms. The minimum atomic E-state index is -4.92. The second-order valence-corrected chi connectivity index (χ2v) is 9.93. The SMILES string of the molecule is C[C@]1(c2ccc(NC(=O)CCNC(=O)c3nc(-c4ccccc4)oc3C(F)(F)F)cc2)CC[C@H](C(N)=O)CC1. The second-order valence-electron chi connectivity index (χ2n) is 9.93. The number of alkyl halides is 3. The number of rotatable bonds is 8. The standard InChI is InChI=1S/C28H29F3N4O4/c1-27(14-11-17(12-15-27)24(32)37)19-7-9-20(10-8-19)34-21(36)13-16-33-25(38)22-23(28(29,30)31)39-26(35-22)18-5-3-2-4-6-18/h2-10,17H,11-16H2,1H3,(H2,32,37)(H,33,38)(H,34,36)/t17-,27-. The number of halogens is 3. The largest absolute Gasteiger partial charge is 0.452 e. The molecule has 1 saturated carbocycles. The van der Waals surface area contributed by atoms with Crippen LogP contribution in [0.3, 0.4) is 0 Å². The number of aromatic nitrogens is 1. The quantitative estimate of drug-likeness (QED) is 0.367. The van der Waals surface area contributed by atoms with Crippen LogP contribution >= 0.6 is 0 Å². The Morgan fingerprint density at radius 1 is 1.05 bits per heavy atom. The highest BCUT2D eigenvalue weighted by molar-refractivity contribution is 5.95. The average Bonchev–Trinajstić information content (AvgIpc) is 3.36. The summed E-state index contributed by atoms with van der Waals surface area (Å²) >= 11 is 0. The Hall–Kier alpha value is -4.15. The fourth-order valence-corrected chi connectivity index (χ4v) is 4.75. The lowest BCUT2D eigenvalue weighted by molar-refractivity contribution is -0.153. The first-order valence-electron chi connectivity index (χ1n) is 12.6. The monoisotopic (exact) mass is 542 g/mol. The predicted molar refractivity (Wildman–Crippen MR) is 137 cm³/mol. The molecule has 0 aliphatic heterocycles. The lowest BCUT2D eigenvalue weighted by Crippen LogP contribution is -2.34. The molecule has 3 aromatic rings. The van der Waals surface area contributed by atoms with Crippen molar-refractivity contribution >= 4 is 23.4 Å². The number of carbonyl (C=O) groups excluding carboxylic acids is 3. The van der Waals surface area contributed by atoms with Gasteiger partial charge in [-0.3, -0.25) is 14.4 Å². The van der Waals surface area contributed by atoms with E-state index in [1.54, 1.807) is 30.3 Å². The number of hydrogen-bond donors (Lipinski definition) is 3. The first-order valence-corrected chi connectivity index (χ1v) is 12.6. The van der Waals surface area contributed by atoms with Crippen LogP contribution in [0.25, 0.3) is 11.5 Å². The Morgan fingerprint density at radius 2 is 1.69 bits per heavy atom. The highest BCUT2D eigenvalue weighted by Gasteiger charge is 2.42. The van der Waals surface area contributed by atoms with Crippen LogP contribution in [0, 0.1) is 5.92 Å². The number of oxazole rings is 1. The van der Waals surface area contributed by atoms with Crippen molar-refractivity contribution in [2.75, 3.05) is 11.9 Å². The van der Waals surface area contributed by atoms with Gasteiger partial charge in [0, 0.05) is 30.1 Å². The van der Waals surface area contributed by atoms with Crippen LogP contribution in [-0.4, -0.2) is 29.3 Å². The number of benzene rings is 2. The molecule has 0 radical (unpaired) electrons. The van der Waals surface area contributed by atoms with Gasteiger partial charge < -0.3 is 20.8 Å². The van der Waals surface area contributed by atoms with Crippen LogP contribution < -0.4 is 16.4 Å². The molecular weight excluding hydrogens is 513 g/mol. The maximum Gasteiger partial charge on any atom is 0.452 e. The van der Waals surface area contributed by atoms with Gasteiger partial charge in [0.2, 0.25) is 23.5 Å². The normalized spacial score (nSPS) is 19.3. The van der Waals surface area contributed by atoms with Crippen LogP contribution in [-0.2, 0) is 21.2 Å². The van der Waals surface area contributed by atoms with E-state index in [9.17, 15) is 27.6 Å². The highest BCUT2D eigenvalue weighted by atomic mass is 19.4. The van der Waals surface area contributed by atoms with Gasteiger partial charge >= 0.3 is 6.18 Å². The average molecular weight is 543 g/mol. The van der Waals surface area contributed by atoms with Gasteiger partial charge in [-0.15, -0.1) is 0 Å². The first kappa shape index (κ1) is 27.9. The van der Waals surface area contributed by atoms with E-state index >= 15 is 0 Å². The molecule has 2 aromatic carbocycles. The maximum absolute atomic E-state index is 13.5. The van der Waals surface area contributed by atoms with Crippen molar-refractivity contribution in [1.82, 2.24) is 10.3 Å². The number of primary amides is 1. The molecule has 1 fully saturated rings. The van der Waals surface area contributed by atoms with Gasteiger partial charge in [-0.1, -0.05) is 37.3 Å². The molecule has 206 valence electrons. The van der Waals surface area contributed by atoms with Crippen LogP contribution in [0.4, 0.5) is 18.9 Å². The molecule has 1 heterocycles. The summed E-state index contributed by atoms with van der Waals surface area (Å²) in [5, 5.41) is 5.02. The highest BCUT2D eigenvalue weighted by Crippen LogP contribution is 2.41. The maximum atomic E-state index is 13.5. The summed E-state index contributed by atoms with van der Waals surface area (Å²) in [7, 11) is 0. The van der Waals surface area contributed by atoms with Gasteiger partial charge in [-0.25, -0.2) is 4.98 Å². The zero-order chi connectivity index (χ0) is 28.2. The van der Waals surface area contributed by atoms with Crippen LogP contribution in [0.5, 0.6) is 0 Å². The van der Waals surface area contributed by atoms with Crippen molar-refractivity contribution < 1.29 is 32.0 Å². The molecule has 1 aliphatic rings. The van der Waals surface area contributed by atoms with E-state index in [1.807, 2.05) is 12.1 Å². The van der Waals surface area contributed by atoms with E-state index in [0.29, 0.717) is 11.3 Å². The van der Waals surface area contributed by atoms with Gasteiger partial charge in [-0.2, -0.15) is 13.2 Å². The smallest absolute Gasteiger partial charge is 0.431 e. The number of nitrogens with zero attached hydrogens (tertiary/aromatic N) is 1. The van der Waals surface area contributed by atoms with Crippen molar-refractivity contribution in [3.63, 3.8) is 0 Å². The van der Waals surface area contributed by atoms with Gasteiger partial charge in [0.1, 0.15) is 0 Å². The summed E-state index contributed by atoms with van der Waals surface area (Å²) in [5.74, 6) is -3.69. The molecule has 8 nitrogen and oxygen atoms in total. The van der Waals surface area contributed by atoms with Crippen molar-refractivity contribution in [3.05, 3.63) is 71.6 Å². The number of carbonyl (C=O) groups is 3. The summed E-state index contributed by atoms with van der Waals surface area (Å²) in [6.07, 6.45) is -1.94. The van der Waals surface area contributed by atoms with E-state index in [4.69, 9.17) is 10.2 Å². The lowest BCUT2D eigenvalue weighted by Gasteiger charge is -2.37. The van der Waals surface area contributed by atoms with Gasteiger partial charge in [0.15, 0.2) is 5.69 Å². The van der Waals surface area contributed by atoms with E-state index in [1.165, 1.54) is 12.1 Å². The zero-order valence-electron chi connectivity index (χ0n) is 21.3. The molecule has 39 heavy (non-hydrogen) atoms. The number of hydrogen-bond acceptors (Lipinski definition) is 5. The minimum absolute atomic E-state index is 0.0878. The van der Waals surface area contributed by atoms with Crippen LogP contribution in [0.1, 0.15) is 60.8 Å². The third-order valence-corrected chi connectivity index (χ3v) is 7.12. The van der Waals surface area contributed by atoms with Gasteiger partial charge in [-0.05, 0) is 60.9 Å². The molecular formula is C28H29F3N4O4. The molecule has 3 amide bonds. The second kappa shape index (κ2) is 11.3. The fraction of sp³-hybridized carbons (Fsp3) is 0.357. The van der Waals surface area contributed by atoms with Crippen molar-refractivity contribution in [1.29, 1.82) is 0 Å². The third kappa shape index (κ3) is 6.65. The topological polar surface area (TPSA) is 127 Å². The van der Waals surface area contributed by atoms with Crippen molar-refractivity contribution in [2.24, 2.45) is 11.7 Å². The Kier molecular flexibility index (Phi) is 8.08.